The van der Waals surface area contributed by atoms with Crippen LogP contribution in [0.5, 0.6) is 0 Å². The predicted octanol–water partition coefficient (Wildman–Crippen LogP) is 2.42. The summed E-state index contributed by atoms with van der Waals surface area (Å²) in [5.41, 5.74) is 0. The van der Waals surface area contributed by atoms with Crippen LogP contribution in [0.15, 0.2) is 11.4 Å². The molecule has 1 aromatic rings. The van der Waals surface area contributed by atoms with Gasteiger partial charge in [-0.15, -0.1) is 11.3 Å². The van der Waals surface area contributed by atoms with Gasteiger partial charge in [0.15, 0.2) is 0 Å². The second-order valence-electron chi connectivity index (χ2n) is 2.12. The Balaban J connectivity index is 2.45. The fourth-order valence-corrected chi connectivity index (χ4v) is 1.79. The van der Waals surface area contributed by atoms with Gasteiger partial charge < -0.3 is 5.11 Å². The van der Waals surface area contributed by atoms with Crippen LogP contribution in [0.25, 0.3) is 0 Å². The maximum atomic E-state index is 10.2. The Morgan fingerprint density at radius 1 is 1.73 bits per heavy atom. The standard InChI is InChI=1S/C7H7ClO2S/c8-5-3-6(11-4-5)1-2-7(9)10/h3-4H,1-2H2,(H,9,10). The number of thiophene rings is 1. The Morgan fingerprint density at radius 3 is 2.91 bits per heavy atom. The number of hydrogen-bond acceptors (Lipinski definition) is 2. The maximum Gasteiger partial charge on any atom is 0.303 e. The largest absolute Gasteiger partial charge is 0.481 e. The summed E-state index contributed by atoms with van der Waals surface area (Å²) < 4.78 is 0. The number of halogens is 1. The van der Waals surface area contributed by atoms with Gasteiger partial charge in [0.2, 0.25) is 0 Å². The minimum atomic E-state index is -0.769. The van der Waals surface area contributed by atoms with Crippen LogP contribution >= 0.6 is 22.9 Å². The molecule has 0 aliphatic carbocycles. The van der Waals surface area contributed by atoms with Crippen LogP contribution in [0.2, 0.25) is 5.02 Å². The quantitative estimate of drug-likeness (QED) is 0.795. The second-order valence-corrected chi connectivity index (χ2v) is 3.56. The van der Waals surface area contributed by atoms with E-state index in [-0.39, 0.29) is 6.42 Å². The molecule has 0 spiro atoms. The molecule has 1 rings (SSSR count). The van der Waals surface area contributed by atoms with Crippen molar-refractivity contribution in [2.75, 3.05) is 0 Å². The van der Waals surface area contributed by atoms with Crippen LogP contribution in [0.4, 0.5) is 0 Å². The van der Waals surface area contributed by atoms with Gasteiger partial charge in [0.25, 0.3) is 0 Å². The van der Waals surface area contributed by atoms with E-state index in [4.69, 9.17) is 16.7 Å². The highest BCUT2D eigenvalue weighted by atomic mass is 35.5. The van der Waals surface area contributed by atoms with Crippen LogP contribution in [-0.4, -0.2) is 11.1 Å². The van der Waals surface area contributed by atoms with E-state index in [0.29, 0.717) is 11.4 Å². The van der Waals surface area contributed by atoms with Crippen LogP contribution in [0, 0.1) is 0 Å². The van der Waals surface area contributed by atoms with Crippen molar-refractivity contribution in [1.82, 2.24) is 0 Å². The molecule has 60 valence electrons. The number of aryl methyl sites for hydroxylation is 1. The smallest absolute Gasteiger partial charge is 0.303 e. The van der Waals surface area contributed by atoms with Crippen molar-refractivity contribution >= 4 is 28.9 Å². The first-order valence-corrected chi connectivity index (χ1v) is 4.39. The monoisotopic (exact) mass is 190 g/mol. The Bertz CT molecular complexity index is 257. The highest BCUT2D eigenvalue weighted by Crippen LogP contribution is 2.20. The summed E-state index contributed by atoms with van der Waals surface area (Å²) in [6.45, 7) is 0. The average molecular weight is 191 g/mol. The molecule has 0 atom stereocenters. The number of carboxylic acids is 1. The molecule has 0 radical (unpaired) electrons. The molecule has 0 amide bonds. The first-order chi connectivity index (χ1) is 5.18. The van der Waals surface area contributed by atoms with Gasteiger partial charge in [-0.25, -0.2) is 0 Å². The fourth-order valence-electron chi connectivity index (χ4n) is 0.715. The molecule has 0 fully saturated rings. The molecule has 1 aromatic heterocycles. The molecule has 0 unspecified atom stereocenters. The van der Waals surface area contributed by atoms with Crippen LogP contribution in [0.1, 0.15) is 11.3 Å². The van der Waals surface area contributed by atoms with E-state index >= 15 is 0 Å². The zero-order chi connectivity index (χ0) is 8.27. The van der Waals surface area contributed by atoms with E-state index in [2.05, 4.69) is 0 Å². The first kappa shape index (κ1) is 8.56. The number of hydrogen-bond donors (Lipinski definition) is 1. The van der Waals surface area contributed by atoms with Crippen molar-refractivity contribution < 1.29 is 9.90 Å². The SMILES string of the molecule is O=C(O)CCc1cc(Cl)cs1. The molecule has 0 aliphatic rings. The predicted molar refractivity (Wildman–Crippen MR) is 45.3 cm³/mol. The van der Waals surface area contributed by atoms with E-state index in [1.54, 1.807) is 11.4 Å². The lowest BCUT2D eigenvalue weighted by Crippen LogP contribution is -1.95. The third-order valence-corrected chi connectivity index (χ3v) is 2.55. The zero-order valence-corrected chi connectivity index (χ0v) is 7.28. The molecule has 0 saturated heterocycles. The summed E-state index contributed by atoms with van der Waals surface area (Å²) in [5.74, 6) is -0.769. The van der Waals surface area contributed by atoms with Gasteiger partial charge in [0.05, 0.1) is 11.4 Å². The van der Waals surface area contributed by atoms with Gasteiger partial charge in [-0.2, -0.15) is 0 Å². The van der Waals surface area contributed by atoms with Gasteiger partial charge in [0, 0.05) is 10.3 Å². The molecule has 1 N–H and O–H groups in total. The van der Waals surface area contributed by atoms with E-state index in [1.807, 2.05) is 0 Å². The Morgan fingerprint density at radius 2 is 2.45 bits per heavy atom. The number of carboxylic acid groups (broad SMARTS) is 1. The van der Waals surface area contributed by atoms with Crippen LogP contribution < -0.4 is 0 Å². The maximum absolute atomic E-state index is 10.2. The first-order valence-electron chi connectivity index (χ1n) is 3.13. The topological polar surface area (TPSA) is 37.3 Å². The van der Waals surface area contributed by atoms with Gasteiger partial charge in [-0.1, -0.05) is 11.6 Å². The van der Waals surface area contributed by atoms with E-state index in [9.17, 15) is 4.79 Å². The van der Waals surface area contributed by atoms with Gasteiger partial charge >= 0.3 is 5.97 Å². The molecule has 0 aliphatic heterocycles. The van der Waals surface area contributed by atoms with E-state index < -0.39 is 5.97 Å². The normalized spacial score (nSPS) is 9.91. The fraction of sp³-hybridized carbons (Fsp3) is 0.286. The molecular weight excluding hydrogens is 184 g/mol. The van der Waals surface area contributed by atoms with Gasteiger partial charge in [0.1, 0.15) is 0 Å². The molecule has 1 heterocycles. The second kappa shape index (κ2) is 3.74. The number of carbonyl (C=O) groups is 1. The van der Waals surface area contributed by atoms with Gasteiger partial charge in [-0.05, 0) is 12.5 Å². The highest BCUT2D eigenvalue weighted by molar-refractivity contribution is 7.10. The Hall–Kier alpha value is -0.540. The number of aliphatic carboxylic acids is 1. The van der Waals surface area contributed by atoms with Crippen molar-refractivity contribution in [2.24, 2.45) is 0 Å². The third-order valence-electron chi connectivity index (χ3n) is 1.21. The van der Waals surface area contributed by atoms with Crippen molar-refractivity contribution in [2.45, 2.75) is 12.8 Å². The lowest BCUT2D eigenvalue weighted by Gasteiger charge is -1.89. The molecular formula is C7H7ClO2S. The summed E-state index contributed by atoms with van der Waals surface area (Å²) >= 11 is 7.13. The molecule has 4 heteroatoms. The third kappa shape index (κ3) is 2.91. The molecule has 2 nitrogen and oxygen atoms in total. The lowest BCUT2D eigenvalue weighted by molar-refractivity contribution is -0.136. The minimum absolute atomic E-state index is 0.177. The summed E-state index contributed by atoms with van der Waals surface area (Å²) in [5, 5.41) is 10.8. The summed E-state index contributed by atoms with van der Waals surface area (Å²) in [6.07, 6.45) is 0.754. The summed E-state index contributed by atoms with van der Waals surface area (Å²) in [6, 6.07) is 1.80. The minimum Gasteiger partial charge on any atom is -0.481 e. The highest BCUT2D eigenvalue weighted by Gasteiger charge is 2.00. The summed E-state index contributed by atoms with van der Waals surface area (Å²) in [4.78, 5) is 11.2. The molecule has 0 saturated carbocycles. The van der Waals surface area contributed by atoms with Gasteiger partial charge in [-0.3, -0.25) is 4.79 Å². The van der Waals surface area contributed by atoms with Crippen molar-refractivity contribution in [1.29, 1.82) is 0 Å². The Kier molecular flexibility index (Phi) is 2.91. The Labute approximate surface area is 73.4 Å². The lowest BCUT2D eigenvalue weighted by atomic mass is 10.3. The van der Waals surface area contributed by atoms with Crippen molar-refractivity contribution in [3.8, 4) is 0 Å². The summed E-state index contributed by atoms with van der Waals surface area (Å²) in [7, 11) is 0. The van der Waals surface area contributed by atoms with Crippen LogP contribution in [0.3, 0.4) is 0 Å². The number of rotatable bonds is 3. The average Bonchev–Trinajstić information content (AvgIpc) is 2.31. The zero-order valence-electron chi connectivity index (χ0n) is 5.71. The molecule has 11 heavy (non-hydrogen) atoms. The molecule has 0 aromatic carbocycles. The molecule has 0 bridgehead atoms. The van der Waals surface area contributed by atoms with Crippen LogP contribution in [-0.2, 0) is 11.2 Å². The van der Waals surface area contributed by atoms with Crippen molar-refractivity contribution in [3.05, 3.63) is 21.3 Å². The van der Waals surface area contributed by atoms with E-state index in [0.717, 1.165) is 4.88 Å². The van der Waals surface area contributed by atoms with Crippen molar-refractivity contribution in [3.63, 3.8) is 0 Å². The van der Waals surface area contributed by atoms with E-state index in [1.165, 1.54) is 11.3 Å².